The summed E-state index contributed by atoms with van der Waals surface area (Å²) in [6.07, 6.45) is 10.4. The molecule has 36 heavy (non-hydrogen) atoms. The predicted octanol–water partition coefficient (Wildman–Crippen LogP) is 6.47. The Bertz CT molecular complexity index is 1430. The lowest BCUT2D eigenvalue weighted by molar-refractivity contribution is 0.449. The molecule has 0 spiro atoms. The summed E-state index contributed by atoms with van der Waals surface area (Å²) in [5.41, 5.74) is 9.04. The van der Waals surface area contributed by atoms with Gasteiger partial charge in [0.15, 0.2) is 0 Å². The van der Waals surface area contributed by atoms with E-state index >= 15 is 0 Å². The van der Waals surface area contributed by atoms with E-state index in [2.05, 4.69) is 78.1 Å². The van der Waals surface area contributed by atoms with Crippen molar-refractivity contribution in [2.75, 3.05) is 33.0 Å². The van der Waals surface area contributed by atoms with Crippen LogP contribution in [0.25, 0.3) is 27.7 Å². The van der Waals surface area contributed by atoms with Crippen LogP contribution in [0.2, 0.25) is 0 Å². The number of anilines is 1. The molecule has 2 aromatic heterocycles. The van der Waals surface area contributed by atoms with Crippen LogP contribution >= 0.6 is 0 Å². The molecule has 0 saturated carbocycles. The average molecular weight is 482 g/mol. The molecule has 0 bridgehead atoms. The summed E-state index contributed by atoms with van der Waals surface area (Å²) in [6, 6.07) is 12.9. The first-order valence-electron chi connectivity index (χ1n) is 12.0. The van der Waals surface area contributed by atoms with E-state index in [9.17, 15) is 4.39 Å². The van der Waals surface area contributed by atoms with E-state index in [1.807, 2.05) is 13.1 Å². The summed E-state index contributed by atoms with van der Waals surface area (Å²) in [7, 11) is 6.03. The van der Waals surface area contributed by atoms with Crippen molar-refractivity contribution in [3.63, 3.8) is 0 Å². The smallest absolute Gasteiger partial charge is 0.123 e. The Hall–Kier alpha value is -4.03. The third-order valence-electron chi connectivity index (χ3n) is 6.08. The number of nitrogens with one attached hydrogen (secondary N) is 2. The SMILES string of the molecule is C=C/C(=C\C(=C/C)c1ccc(NC)c(Cc2nc3c(-c4ccc(F)cc4)cncc3[nH]2)c1)CN(C)C. The number of hydrogen-bond acceptors (Lipinski definition) is 4. The highest BCUT2D eigenvalue weighted by Gasteiger charge is 2.13. The van der Waals surface area contributed by atoms with Crippen LogP contribution in [0.5, 0.6) is 0 Å². The number of likely N-dealkylation sites (N-methyl/N-ethyl adjacent to an activating group) is 1. The van der Waals surface area contributed by atoms with E-state index in [-0.39, 0.29) is 5.82 Å². The monoisotopic (exact) mass is 481 g/mol. The minimum Gasteiger partial charge on any atom is -0.388 e. The third kappa shape index (κ3) is 5.61. The molecule has 6 heteroatoms. The van der Waals surface area contributed by atoms with Crippen molar-refractivity contribution in [1.82, 2.24) is 19.9 Å². The molecule has 0 aliphatic carbocycles. The molecule has 0 amide bonds. The molecule has 0 atom stereocenters. The first kappa shape index (κ1) is 25.1. The molecular formula is C30H32FN5. The largest absolute Gasteiger partial charge is 0.388 e. The highest BCUT2D eigenvalue weighted by atomic mass is 19.1. The second kappa shape index (κ2) is 11.1. The van der Waals surface area contributed by atoms with Crippen LogP contribution in [0.15, 0.2) is 85.2 Å². The minimum absolute atomic E-state index is 0.265. The molecule has 0 saturated heterocycles. The lowest BCUT2D eigenvalue weighted by Crippen LogP contribution is -2.14. The molecule has 0 radical (unpaired) electrons. The molecule has 4 aromatic rings. The van der Waals surface area contributed by atoms with Gasteiger partial charge in [0.1, 0.15) is 11.6 Å². The van der Waals surface area contributed by atoms with Gasteiger partial charge in [-0.1, -0.05) is 43.0 Å². The Kier molecular flexibility index (Phi) is 7.76. The molecule has 4 rings (SSSR count). The summed E-state index contributed by atoms with van der Waals surface area (Å²) in [5, 5.41) is 3.31. The quantitative estimate of drug-likeness (QED) is 0.269. The highest BCUT2D eigenvalue weighted by molar-refractivity contribution is 5.91. The van der Waals surface area contributed by atoms with Gasteiger partial charge in [0.25, 0.3) is 0 Å². The zero-order chi connectivity index (χ0) is 25.7. The maximum absolute atomic E-state index is 13.4. The van der Waals surface area contributed by atoms with Crippen molar-refractivity contribution in [2.24, 2.45) is 0 Å². The predicted molar refractivity (Wildman–Crippen MR) is 149 cm³/mol. The zero-order valence-electron chi connectivity index (χ0n) is 21.3. The van der Waals surface area contributed by atoms with Crippen molar-refractivity contribution in [1.29, 1.82) is 0 Å². The van der Waals surface area contributed by atoms with E-state index in [0.29, 0.717) is 6.42 Å². The number of fused-ring (bicyclic) bond motifs is 1. The molecule has 2 heterocycles. The molecule has 5 nitrogen and oxygen atoms in total. The van der Waals surface area contributed by atoms with Crippen LogP contribution < -0.4 is 5.32 Å². The van der Waals surface area contributed by atoms with E-state index < -0.39 is 0 Å². The molecule has 0 unspecified atom stereocenters. The number of imidazole rings is 1. The Morgan fingerprint density at radius 1 is 1.14 bits per heavy atom. The number of rotatable bonds is 9. The Labute approximate surface area is 212 Å². The Balaban J connectivity index is 1.70. The summed E-state index contributed by atoms with van der Waals surface area (Å²) in [5.74, 6) is 0.574. The third-order valence-corrected chi connectivity index (χ3v) is 6.08. The van der Waals surface area contributed by atoms with Gasteiger partial charge in [0, 0.05) is 37.5 Å². The number of halogens is 1. The van der Waals surface area contributed by atoms with Crippen LogP contribution in [-0.4, -0.2) is 47.5 Å². The molecule has 2 aromatic carbocycles. The number of allylic oxidation sites excluding steroid dienone is 3. The second-order valence-electron chi connectivity index (χ2n) is 8.98. The lowest BCUT2D eigenvalue weighted by Gasteiger charge is -2.14. The fraction of sp³-hybridized carbons (Fsp3) is 0.200. The van der Waals surface area contributed by atoms with Gasteiger partial charge in [-0.05, 0) is 73.1 Å². The van der Waals surface area contributed by atoms with E-state index in [0.717, 1.165) is 62.5 Å². The lowest BCUT2D eigenvalue weighted by atomic mass is 9.98. The molecule has 2 N–H and O–H groups in total. The molecule has 184 valence electrons. The van der Waals surface area contributed by atoms with Gasteiger partial charge in [0.2, 0.25) is 0 Å². The number of aromatic nitrogens is 3. The fourth-order valence-electron chi connectivity index (χ4n) is 4.32. The highest BCUT2D eigenvalue weighted by Crippen LogP contribution is 2.29. The molecule has 0 aliphatic rings. The van der Waals surface area contributed by atoms with Gasteiger partial charge in [0.05, 0.1) is 17.2 Å². The number of aromatic amines is 1. The Morgan fingerprint density at radius 3 is 2.58 bits per heavy atom. The van der Waals surface area contributed by atoms with E-state index in [4.69, 9.17) is 4.98 Å². The van der Waals surface area contributed by atoms with E-state index in [1.54, 1.807) is 24.5 Å². The standard InChI is InChI=1S/C30H32FN5/c1-6-20(19-36(4)5)14-21(7-2)23-10-13-27(32-3)24(15-23)16-29-34-28-18-33-17-26(30(28)35-29)22-8-11-25(31)12-9-22/h6-15,17-18,32H,1,16,19H2,2-5H3,(H,34,35)/b20-14+,21-7+. The summed E-state index contributed by atoms with van der Waals surface area (Å²) in [4.78, 5) is 14.8. The normalized spacial score (nSPS) is 12.4. The summed E-state index contributed by atoms with van der Waals surface area (Å²) < 4.78 is 13.4. The van der Waals surface area contributed by atoms with Gasteiger partial charge in [-0.3, -0.25) is 4.98 Å². The number of nitrogens with zero attached hydrogens (tertiary/aromatic N) is 3. The van der Waals surface area contributed by atoms with Crippen molar-refractivity contribution >= 4 is 22.3 Å². The zero-order valence-corrected chi connectivity index (χ0v) is 21.3. The van der Waals surface area contributed by atoms with Crippen LogP contribution in [-0.2, 0) is 6.42 Å². The fourth-order valence-corrected chi connectivity index (χ4v) is 4.32. The Morgan fingerprint density at radius 2 is 1.92 bits per heavy atom. The average Bonchev–Trinajstić information content (AvgIpc) is 3.29. The van der Waals surface area contributed by atoms with Crippen LogP contribution in [0.3, 0.4) is 0 Å². The van der Waals surface area contributed by atoms with Crippen LogP contribution in [0.4, 0.5) is 10.1 Å². The van der Waals surface area contributed by atoms with E-state index in [1.165, 1.54) is 12.1 Å². The minimum atomic E-state index is -0.265. The van der Waals surface area contributed by atoms with Crippen molar-refractivity contribution in [3.8, 4) is 11.1 Å². The molecular weight excluding hydrogens is 449 g/mol. The van der Waals surface area contributed by atoms with Gasteiger partial charge in [-0.25, -0.2) is 9.37 Å². The van der Waals surface area contributed by atoms with Crippen molar-refractivity contribution < 1.29 is 4.39 Å². The van der Waals surface area contributed by atoms with Crippen molar-refractivity contribution in [2.45, 2.75) is 13.3 Å². The first-order valence-corrected chi connectivity index (χ1v) is 12.0. The van der Waals surface area contributed by atoms with Crippen LogP contribution in [0.1, 0.15) is 23.9 Å². The van der Waals surface area contributed by atoms with Gasteiger partial charge < -0.3 is 15.2 Å². The topological polar surface area (TPSA) is 56.8 Å². The number of hydrogen-bond donors (Lipinski definition) is 2. The molecule has 0 fully saturated rings. The maximum Gasteiger partial charge on any atom is 0.123 e. The first-order chi connectivity index (χ1) is 17.4. The molecule has 0 aliphatic heterocycles. The van der Waals surface area contributed by atoms with Gasteiger partial charge in [-0.15, -0.1) is 0 Å². The summed E-state index contributed by atoms with van der Waals surface area (Å²) >= 11 is 0. The summed E-state index contributed by atoms with van der Waals surface area (Å²) in [6.45, 7) is 6.86. The van der Waals surface area contributed by atoms with Crippen LogP contribution in [0, 0.1) is 5.82 Å². The van der Waals surface area contributed by atoms with Gasteiger partial charge in [-0.2, -0.15) is 0 Å². The number of pyridine rings is 1. The second-order valence-corrected chi connectivity index (χ2v) is 8.98. The number of benzene rings is 2. The van der Waals surface area contributed by atoms with Gasteiger partial charge >= 0.3 is 0 Å². The van der Waals surface area contributed by atoms with Crippen molar-refractivity contribution in [3.05, 3.63) is 108 Å². The maximum atomic E-state index is 13.4. The number of H-pyrrole nitrogens is 1.